The van der Waals surface area contributed by atoms with Gasteiger partial charge in [-0.3, -0.25) is 4.79 Å². The van der Waals surface area contributed by atoms with Gasteiger partial charge in [0, 0.05) is 25.1 Å². The van der Waals surface area contributed by atoms with Gasteiger partial charge >= 0.3 is 0 Å². The van der Waals surface area contributed by atoms with Crippen LogP contribution in [0.1, 0.15) is 28.1 Å². The van der Waals surface area contributed by atoms with Crippen LogP contribution in [0.2, 0.25) is 0 Å². The van der Waals surface area contributed by atoms with Crippen LogP contribution in [0, 0.1) is 12.7 Å². The number of nitrogens with one attached hydrogen (secondary N) is 1. The maximum absolute atomic E-state index is 13.4. The highest BCUT2D eigenvalue weighted by atomic mass is 19.1. The number of aryl methyl sites for hydroxylation is 1. The first-order valence-corrected chi connectivity index (χ1v) is 7.52. The van der Waals surface area contributed by atoms with Crippen LogP contribution in [-0.4, -0.2) is 26.2 Å². The Morgan fingerprint density at radius 3 is 2.76 bits per heavy atom. The van der Waals surface area contributed by atoms with Gasteiger partial charge in [0.15, 0.2) is 5.69 Å². The maximum Gasteiger partial charge on any atom is 0.247 e. The molecule has 0 aliphatic rings. The number of nitrogens with zero attached hydrogens (tertiary/aromatic N) is 3. The number of aromatic amines is 1. The monoisotopic (exact) mass is 342 g/mol. The largest absolute Gasteiger partial charge is 0.411 e. The summed E-state index contributed by atoms with van der Waals surface area (Å²) in [5, 5.41) is 20.3. The quantitative estimate of drug-likeness (QED) is 0.420. The zero-order valence-electron chi connectivity index (χ0n) is 13.4. The van der Waals surface area contributed by atoms with Gasteiger partial charge in [-0.2, -0.15) is 0 Å². The average molecular weight is 342 g/mol. The molecule has 25 heavy (non-hydrogen) atoms. The van der Waals surface area contributed by atoms with Crippen molar-refractivity contribution in [2.45, 2.75) is 19.8 Å². The third-order valence-electron chi connectivity index (χ3n) is 3.76. The van der Waals surface area contributed by atoms with Crippen molar-refractivity contribution < 1.29 is 14.2 Å². The fourth-order valence-corrected chi connectivity index (χ4v) is 2.46. The number of hydrogen-bond acceptors (Lipinski definition) is 6. The normalized spacial score (nSPS) is 11.7. The Morgan fingerprint density at radius 1 is 1.28 bits per heavy atom. The van der Waals surface area contributed by atoms with Gasteiger partial charge in [-0.25, -0.2) is 9.02 Å². The molecule has 128 valence electrons. The molecule has 0 saturated carbocycles. The molecule has 0 bridgehead atoms. The Bertz CT molecular complexity index is 958. The van der Waals surface area contributed by atoms with Crippen LogP contribution in [0.15, 0.2) is 51.1 Å². The van der Waals surface area contributed by atoms with E-state index in [-0.39, 0.29) is 23.5 Å². The summed E-state index contributed by atoms with van der Waals surface area (Å²) in [6.45, 7) is 1.66. The molecule has 0 unspecified atom stereocenters. The number of oxime groups is 1. The molecule has 8 heteroatoms. The molecule has 1 aromatic carbocycles. The number of rotatable bonds is 5. The van der Waals surface area contributed by atoms with Crippen molar-refractivity contribution in [3.8, 4) is 0 Å². The van der Waals surface area contributed by atoms with Crippen molar-refractivity contribution in [1.82, 2.24) is 15.3 Å². The SMILES string of the molecule is Cc1cc(CC(=NO)c2nonc2Cc2ccc(=O)[nH]c2)ccc1F. The fourth-order valence-electron chi connectivity index (χ4n) is 2.46. The molecule has 2 aromatic heterocycles. The predicted molar refractivity (Wildman–Crippen MR) is 87.3 cm³/mol. The van der Waals surface area contributed by atoms with Gasteiger partial charge in [0.05, 0.1) is 0 Å². The van der Waals surface area contributed by atoms with E-state index in [4.69, 9.17) is 4.63 Å². The van der Waals surface area contributed by atoms with Gasteiger partial charge in [-0.05, 0) is 34.8 Å². The molecule has 0 fully saturated rings. The molecule has 3 rings (SSSR count). The van der Waals surface area contributed by atoms with Crippen LogP contribution in [-0.2, 0) is 12.8 Å². The highest BCUT2D eigenvalue weighted by molar-refractivity contribution is 6.00. The Labute approximate surface area is 141 Å². The van der Waals surface area contributed by atoms with E-state index in [1.54, 1.807) is 31.3 Å². The van der Waals surface area contributed by atoms with Crippen molar-refractivity contribution in [2.24, 2.45) is 5.16 Å². The van der Waals surface area contributed by atoms with E-state index in [0.717, 1.165) is 11.1 Å². The standard InChI is InChI=1S/C17H15FN4O3/c1-10-6-11(2-4-13(10)18)7-14(20-24)17-15(21-25-22-17)8-12-3-5-16(23)19-9-12/h2-6,9,24H,7-8H2,1H3,(H,19,23). The van der Waals surface area contributed by atoms with Gasteiger partial charge in [0.1, 0.15) is 17.2 Å². The molecule has 3 aromatic rings. The number of hydrogen-bond donors (Lipinski definition) is 2. The van der Waals surface area contributed by atoms with Gasteiger partial charge in [0.25, 0.3) is 0 Å². The lowest BCUT2D eigenvalue weighted by Gasteiger charge is -2.05. The average Bonchev–Trinajstić information content (AvgIpc) is 3.06. The number of halogens is 1. The lowest BCUT2D eigenvalue weighted by molar-refractivity contribution is 0.301. The summed E-state index contributed by atoms with van der Waals surface area (Å²) in [6.07, 6.45) is 2.15. The van der Waals surface area contributed by atoms with Crippen molar-refractivity contribution >= 4 is 5.71 Å². The minimum atomic E-state index is -0.298. The molecule has 0 aliphatic carbocycles. The Hall–Kier alpha value is -3.29. The number of benzene rings is 1. The van der Waals surface area contributed by atoms with Crippen molar-refractivity contribution in [2.75, 3.05) is 0 Å². The smallest absolute Gasteiger partial charge is 0.247 e. The van der Waals surface area contributed by atoms with Gasteiger partial charge < -0.3 is 10.2 Å². The number of aromatic nitrogens is 3. The maximum atomic E-state index is 13.4. The first-order valence-electron chi connectivity index (χ1n) is 7.52. The van der Waals surface area contributed by atoms with Gasteiger partial charge in [-0.15, -0.1) is 0 Å². The van der Waals surface area contributed by atoms with Crippen molar-refractivity contribution in [1.29, 1.82) is 0 Å². The van der Waals surface area contributed by atoms with Crippen LogP contribution in [0.4, 0.5) is 4.39 Å². The molecule has 2 heterocycles. The van der Waals surface area contributed by atoms with Crippen LogP contribution in [0.5, 0.6) is 0 Å². The minimum absolute atomic E-state index is 0.202. The summed E-state index contributed by atoms with van der Waals surface area (Å²) in [4.78, 5) is 13.7. The van der Waals surface area contributed by atoms with E-state index in [0.29, 0.717) is 23.4 Å². The van der Waals surface area contributed by atoms with E-state index in [9.17, 15) is 14.4 Å². The first kappa shape index (κ1) is 16.6. The summed E-state index contributed by atoms with van der Waals surface area (Å²) >= 11 is 0. The van der Waals surface area contributed by atoms with Crippen LogP contribution in [0.3, 0.4) is 0 Å². The zero-order valence-corrected chi connectivity index (χ0v) is 13.4. The molecule has 0 amide bonds. The molecule has 2 N–H and O–H groups in total. The fraction of sp³-hybridized carbons (Fsp3) is 0.176. The topological polar surface area (TPSA) is 104 Å². The van der Waals surface area contributed by atoms with E-state index in [1.807, 2.05) is 0 Å². The van der Waals surface area contributed by atoms with E-state index in [1.165, 1.54) is 12.1 Å². The van der Waals surface area contributed by atoms with E-state index >= 15 is 0 Å². The van der Waals surface area contributed by atoms with E-state index < -0.39 is 0 Å². The molecule has 7 nitrogen and oxygen atoms in total. The van der Waals surface area contributed by atoms with Crippen molar-refractivity contribution in [3.05, 3.63) is 80.8 Å². The zero-order chi connectivity index (χ0) is 17.8. The summed E-state index contributed by atoms with van der Waals surface area (Å²) in [6, 6.07) is 7.72. The molecule has 0 radical (unpaired) electrons. The third-order valence-corrected chi connectivity index (χ3v) is 3.76. The first-order chi connectivity index (χ1) is 12.1. The highest BCUT2D eigenvalue weighted by Crippen LogP contribution is 2.15. The van der Waals surface area contributed by atoms with Crippen molar-refractivity contribution in [3.63, 3.8) is 0 Å². The molecular formula is C17H15FN4O3. The molecule has 0 aliphatic heterocycles. The highest BCUT2D eigenvalue weighted by Gasteiger charge is 2.18. The molecular weight excluding hydrogens is 327 g/mol. The summed E-state index contributed by atoms with van der Waals surface area (Å²) < 4.78 is 18.2. The lowest BCUT2D eigenvalue weighted by atomic mass is 10.0. The second kappa shape index (κ2) is 7.08. The van der Waals surface area contributed by atoms with Crippen LogP contribution >= 0.6 is 0 Å². The molecule has 0 atom stereocenters. The third kappa shape index (κ3) is 3.79. The minimum Gasteiger partial charge on any atom is -0.411 e. The summed E-state index contributed by atoms with van der Waals surface area (Å²) in [7, 11) is 0. The van der Waals surface area contributed by atoms with Gasteiger partial charge in [-0.1, -0.05) is 28.5 Å². The second-order valence-electron chi connectivity index (χ2n) is 5.60. The number of H-pyrrole nitrogens is 1. The second-order valence-corrected chi connectivity index (χ2v) is 5.60. The molecule has 0 saturated heterocycles. The Balaban J connectivity index is 1.84. The lowest BCUT2D eigenvalue weighted by Crippen LogP contribution is -2.10. The Morgan fingerprint density at radius 2 is 2.08 bits per heavy atom. The van der Waals surface area contributed by atoms with Gasteiger partial charge in [0.2, 0.25) is 5.56 Å². The number of pyridine rings is 1. The molecule has 0 spiro atoms. The summed E-state index contributed by atoms with van der Waals surface area (Å²) in [5.41, 5.74) is 2.91. The predicted octanol–water partition coefficient (Wildman–Crippen LogP) is 2.22. The van der Waals surface area contributed by atoms with Crippen LogP contribution < -0.4 is 5.56 Å². The Kier molecular flexibility index (Phi) is 4.69. The summed E-state index contributed by atoms with van der Waals surface area (Å²) in [5.74, 6) is -0.298. The van der Waals surface area contributed by atoms with E-state index in [2.05, 4.69) is 20.5 Å². The van der Waals surface area contributed by atoms with Crippen LogP contribution in [0.25, 0.3) is 0 Å².